The van der Waals surface area contributed by atoms with E-state index in [9.17, 15) is 5.11 Å². The molecule has 4 rings (SSSR count). The van der Waals surface area contributed by atoms with Gasteiger partial charge in [0.25, 0.3) is 0 Å². The highest BCUT2D eigenvalue weighted by molar-refractivity contribution is 9.10. The van der Waals surface area contributed by atoms with Crippen LogP contribution in [-0.4, -0.2) is 16.0 Å². The van der Waals surface area contributed by atoms with Crippen LogP contribution in [0.3, 0.4) is 0 Å². The lowest BCUT2D eigenvalue weighted by Crippen LogP contribution is -2.61. The van der Waals surface area contributed by atoms with Crippen molar-refractivity contribution < 1.29 is 5.11 Å². The van der Waals surface area contributed by atoms with Gasteiger partial charge in [0.2, 0.25) is 0 Å². The molecule has 0 radical (unpaired) electrons. The smallest absolute Gasteiger partial charge is 0.0488 e. The molecule has 0 amide bonds. The lowest BCUT2D eigenvalue weighted by molar-refractivity contribution is -0.146. The monoisotopic (exact) mass is 272 g/mol. The van der Waals surface area contributed by atoms with Crippen molar-refractivity contribution in [2.24, 2.45) is 16.2 Å². The van der Waals surface area contributed by atoms with Gasteiger partial charge in [-0.2, -0.15) is 0 Å². The van der Waals surface area contributed by atoms with E-state index in [1.165, 1.54) is 38.5 Å². The zero-order valence-corrected chi connectivity index (χ0v) is 11.4. The van der Waals surface area contributed by atoms with Crippen LogP contribution in [0.5, 0.6) is 0 Å². The van der Waals surface area contributed by atoms with Crippen LogP contribution in [0.1, 0.15) is 52.4 Å². The number of hydrogen-bond acceptors (Lipinski definition) is 1. The second-order valence-corrected chi connectivity index (χ2v) is 9.17. The van der Waals surface area contributed by atoms with Gasteiger partial charge in [-0.15, -0.1) is 0 Å². The predicted octanol–water partition coefficient (Wildman–Crippen LogP) is 3.49. The molecule has 1 N–H and O–H groups in total. The molecule has 0 spiro atoms. The minimum atomic E-state index is 0.238. The summed E-state index contributed by atoms with van der Waals surface area (Å²) in [5, 5.41) is 9.75. The zero-order valence-electron chi connectivity index (χ0n) is 9.77. The molecule has 4 fully saturated rings. The fraction of sp³-hybridized carbons (Fsp3) is 1.00. The van der Waals surface area contributed by atoms with E-state index < -0.39 is 0 Å². The first-order valence-electron chi connectivity index (χ1n) is 6.10. The number of rotatable bonds is 1. The van der Waals surface area contributed by atoms with E-state index in [4.69, 9.17) is 0 Å². The number of hydrogen-bond donors (Lipinski definition) is 1. The van der Waals surface area contributed by atoms with Crippen LogP contribution in [0.25, 0.3) is 0 Å². The topological polar surface area (TPSA) is 20.2 Å². The molecule has 4 aliphatic rings. The Kier molecular flexibility index (Phi) is 1.86. The van der Waals surface area contributed by atoms with Crippen LogP contribution in [-0.2, 0) is 0 Å². The van der Waals surface area contributed by atoms with Crippen molar-refractivity contribution in [3.05, 3.63) is 0 Å². The Morgan fingerprint density at radius 3 is 1.87 bits per heavy atom. The number of halogens is 1. The van der Waals surface area contributed by atoms with E-state index in [-0.39, 0.29) is 5.41 Å². The fourth-order valence-electron chi connectivity index (χ4n) is 5.96. The van der Waals surface area contributed by atoms with Crippen LogP contribution in [0.2, 0.25) is 0 Å². The quantitative estimate of drug-likeness (QED) is 0.725. The van der Waals surface area contributed by atoms with Gasteiger partial charge in [-0.05, 0) is 54.8 Å². The summed E-state index contributed by atoms with van der Waals surface area (Å²) >= 11 is 3.99. The highest BCUT2D eigenvalue weighted by Gasteiger charge is 2.64. The Morgan fingerprint density at radius 1 is 0.933 bits per heavy atom. The van der Waals surface area contributed by atoms with Crippen LogP contribution in [0.15, 0.2) is 0 Å². The van der Waals surface area contributed by atoms with Crippen LogP contribution in [0, 0.1) is 16.2 Å². The van der Waals surface area contributed by atoms with Crippen molar-refractivity contribution in [2.75, 3.05) is 6.61 Å². The summed E-state index contributed by atoms with van der Waals surface area (Å²) in [4.78, 5) is 0. The summed E-state index contributed by atoms with van der Waals surface area (Å²) in [5.74, 6) is 0. The molecular formula is C13H21BrO. The second kappa shape index (κ2) is 2.64. The summed E-state index contributed by atoms with van der Waals surface area (Å²) in [6.45, 7) is 5.26. The molecular weight excluding hydrogens is 252 g/mol. The summed E-state index contributed by atoms with van der Waals surface area (Å²) in [6, 6.07) is 0. The molecule has 0 heterocycles. The maximum atomic E-state index is 9.75. The molecule has 1 nitrogen and oxygen atoms in total. The molecule has 4 aliphatic carbocycles. The van der Waals surface area contributed by atoms with Gasteiger partial charge in [-0.25, -0.2) is 0 Å². The third kappa shape index (κ3) is 1.44. The first-order valence-corrected chi connectivity index (χ1v) is 6.89. The zero-order chi connectivity index (χ0) is 10.9. The summed E-state index contributed by atoms with van der Waals surface area (Å²) in [5.41, 5.74) is 1.20. The van der Waals surface area contributed by atoms with Crippen LogP contribution >= 0.6 is 15.9 Å². The maximum Gasteiger partial charge on any atom is 0.0488 e. The summed E-state index contributed by atoms with van der Waals surface area (Å²) in [6.07, 6.45) is 7.70. The van der Waals surface area contributed by atoms with Gasteiger partial charge in [0.15, 0.2) is 0 Å². The molecule has 15 heavy (non-hydrogen) atoms. The molecule has 2 unspecified atom stereocenters. The first-order chi connectivity index (χ1) is 6.80. The lowest BCUT2D eigenvalue weighted by atomic mass is 9.40. The lowest BCUT2D eigenvalue weighted by Gasteiger charge is -2.68. The van der Waals surface area contributed by atoms with Crippen molar-refractivity contribution in [1.29, 1.82) is 0 Å². The molecule has 4 saturated carbocycles. The van der Waals surface area contributed by atoms with E-state index in [0.717, 1.165) is 0 Å². The number of alkyl halides is 1. The third-order valence-corrected chi connectivity index (χ3v) is 5.81. The van der Waals surface area contributed by atoms with Crippen LogP contribution in [0.4, 0.5) is 0 Å². The van der Waals surface area contributed by atoms with Crippen molar-refractivity contribution in [3.63, 3.8) is 0 Å². The first kappa shape index (κ1) is 10.6. The summed E-state index contributed by atoms with van der Waals surface area (Å²) < 4.78 is 0.341. The van der Waals surface area contributed by atoms with Crippen molar-refractivity contribution in [2.45, 2.75) is 56.7 Å². The third-order valence-electron chi connectivity index (χ3n) is 4.97. The average Bonchev–Trinajstić information content (AvgIpc) is 1.94. The maximum absolute atomic E-state index is 9.75. The Hall–Kier alpha value is 0.440. The standard InChI is InChI=1S/C13H21BrO/c1-10-3-11(2)5-12(4-10,9-15)8-13(14,6-10)7-11/h15H,3-9H2,1-2H3. The van der Waals surface area contributed by atoms with Crippen molar-refractivity contribution in [1.82, 2.24) is 0 Å². The van der Waals surface area contributed by atoms with Crippen molar-refractivity contribution in [3.8, 4) is 0 Å². The SMILES string of the molecule is CC12CC3(C)CC(Br)(C1)CC(CO)(C2)C3. The van der Waals surface area contributed by atoms with Gasteiger partial charge in [0.1, 0.15) is 0 Å². The molecule has 4 bridgehead atoms. The van der Waals surface area contributed by atoms with Crippen molar-refractivity contribution >= 4 is 15.9 Å². The predicted molar refractivity (Wildman–Crippen MR) is 65.1 cm³/mol. The van der Waals surface area contributed by atoms with Gasteiger partial charge in [-0.1, -0.05) is 29.8 Å². The Morgan fingerprint density at radius 2 is 1.47 bits per heavy atom. The molecule has 0 aromatic heterocycles. The normalized spacial score (nSPS) is 62.4. The average molecular weight is 273 g/mol. The second-order valence-electron chi connectivity index (χ2n) is 7.49. The van der Waals surface area contributed by atoms with Gasteiger partial charge >= 0.3 is 0 Å². The van der Waals surface area contributed by atoms with E-state index in [1.54, 1.807) is 0 Å². The van der Waals surface area contributed by atoms with E-state index in [0.29, 0.717) is 21.8 Å². The molecule has 2 heteroatoms. The van der Waals surface area contributed by atoms with E-state index in [1.807, 2.05) is 0 Å². The van der Waals surface area contributed by atoms with Crippen LogP contribution < -0.4 is 0 Å². The largest absolute Gasteiger partial charge is 0.396 e. The summed E-state index contributed by atoms with van der Waals surface area (Å²) in [7, 11) is 0. The number of aliphatic hydroxyl groups is 1. The van der Waals surface area contributed by atoms with Gasteiger partial charge in [-0.3, -0.25) is 0 Å². The van der Waals surface area contributed by atoms with Gasteiger partial charge in [0.05, 0.1) is 0 Å². The highest BCUT2D eigenvalue weighted by Crippen LogP contribution is 2.72. The minimum absolute atomic E-state index is 0.238. The molecule has 86 valence electrons. The molecule has 0 aromatic rings. The molecule has 0 aliphatic heterocycles. The van der Waals surface area contributed by atoms with Gasteiger partial charge in [0, 0.05) is 10.9 Å². The highest BCUT2D eigenvalue weighted by atomic mass is 79.9. The van der Waals surface area contributed by atoms with E-state index >= 15 is 0 Å². The Balaban J connectivity index is 2.06. The molecule has 0 saturated heterocycles. The molecule has 0 aromatic carbocycles. The fourth-order valence-corrected chi connectivity index (χ4v) is 7.91. The Labute approximate surface area is 101 Å². The van der Waals surface area contributed by atoms with Gasteiger partial charge < -0.3 is 5.11 Å². The molecule has 2 atom stereocenters. The van der Waals surface area contributed by atoms with E-state index in [2.05, 4.69) is 29.8 Å². The minimum Gasteiger partial charge on any atom is -0.396 e. The number of aliphatic hydroxyl groups excluding tert-OH is 1. The Bertz CT molecular complexity index is 258.